The second-order valence-electron chi connectivity index (χ2n) is 4.16. The first-order valence-electron chi connectivity index (χ1n) is 6.15. The highest BCUT2D eigenvalue weighted by Crippen LogP contribution is 2.23. The number of anilines is 1. The Morgan fingerprint density at radius 2 is 2.35 bits per heavy atom. The molecule has 7 heteroatoms. The molecule has 0 atom stereocenters. The fraction of sp³-hybridized carbons (Fsp3) is 0.308. The lowest BCUT2D eigenvalue weighted by Crippen LogP contribution is -2.21. The molecule has 0 fully saturated rings. The number of aromatic nitrogens is 2. The number of nitrogens with one attached hydrogen (secondary N) is 1. The van der Waals surface area contributed by atoms with Crippen molar-refractivity contribution in [2.75, 3.05) is 25.1 Å². The Morgan fingerprint density at radius 3 is 3.00 bits per heavy atom. The van der Waals surface area contributed by atoms with Gasteiger partial charge in [0.15, 0.2) is 0 Å². The van der Waals surface area contributed by atoms with Gasteiger partial charge in [0, 0.05) is 17.8 Å². The van der Waals surface area contributed by atoms with Crippen LogP contribution in [0.5, 0.6) is 0 Å². The summed E-state index contributed by atoms with van der Waals surface area (Å²) in [5.74, 6) is 0.226. The number of carbonyl (C=O) groups is 1. The highest BCUT2D eigenvalue weighted by molar-refractivity contribution is 5.92. The summed E-state index contributed by atoms with van der Waals surface area (Å²) < 4.78 is 10.2. The maximum Gasteiger partial charge on any atom is 0.250 e. The zero-order valence-electron chi connectivity index (χ0n) is 11.1. The van der Waals surface area contributed by atoms with Crippen molar-refractivity contribution in [3.63, 3.8) is 0 Å². The molecular weight excluding hydrogens is 260 g/mol. The molecule has 1 aromatic heterocycles. The minimum absolute atomic E-state index is 0.0119. The molecule has 3 N–H and O–H groups in total. The molecule has 20 heavy (non-hydrogen) atoms. The largest absolute Gasteiger partial charge is 0.423 e. The van der Waals surface area contributed by atoms with E-state index in [1.807, 2.05) is 13.0 Å². The Bertz CT molecular complexity index is 569. The molecule has 0 aliphatic rings. The van der Waals surface area contributed by atoms with Crippen LogP contribution in [-0.2, 0) is 9.53 Å². The SMILES string of the molecule is Cc1cc(-c2nnco2)ccc1NC(=O)COCCN. The second-order valence-corrected chi connectivity index (χ2v) is 4.16. The van der Waals surface area contributed by atoms with Crippen molar-refractivity contribution in [3.05, 3.63) is 30.2 Å². The van der Waals surface area contributed by atoms with Crippen molar-refractivity contribution in [1.29, 1.82) is 0 Å². The molecule has 7 nitrogen and oxygen atoms in total. The van der Waals surface area contributed by atoms with Crippen molar-refractivity contribution >= 4 is 11.6 Å². The number of nitrogens with two attached hydrogens (primary N) is 1. The zero-order chi connectivity index (χ0) is 14.4. The van der Waals surface area contributed by atoms with Crippen LogP contribution in [0.2, 0.25) is 0 Å². The van der Waals surface area contributed by atoms with Gasteiger partial charge in [-0.2, -0.15) is 0 Å². The molecule has 0 bridgehead atoms. The van der Waals surface area contributed by atoms with E-state index in [0.717, 1.165) is 16.8 Å². The Balaban J connectivity index is 2.01. The number of benzene rings is 1. The zero-order valence-corrected chi connectivity index (χ0v) is 11.1. The topological polar surface area (TPSA) is 103 Å². The fourth-order valence-corrected chi connectivity index (χ4v) is 1.67. The van der Waals surface area contributed by atoms with Gasteiger partial charge in [-0.3, -0.25) is 4.79 Å². The summed E-state index contributed by atoms with van der Waals surface area (Å²) in [7, 11) is 0. The summed E-state index contributed by atoms with van der Waals surface area (Å²) >= 11 is 0. The molecule has 1 aromatic carbocycles. The van der Waals surface area contributed by atoms with Crippen molar-refractivity contribution < 1.29 is 13.9 Å². The molecule has 0 spiro atoms. The summed E-state index contributed by atoms with van der Waals surface area (Å²) in [6, 6.07) is 5.45. The van der Waals surface area contributed by atoms with E-state index in [4.69, 9.17) is 14.9 Å². The van der Waals surface area contributed by atoms with Crippen molar-refractivity contribution in [2.24, 2.45) is 5.73 Å². The molecule has 0 aliphatic carbocycles. The van der Waals surface area contributed by atoms with Crippen molar-refractivity contribution in [2.45, 2.75) is 6.92 Å². The Kier molecular flexibility index (Phi) is 4.80. The highest BCUT2D eigenvalue weighted by atomic mass is 16.5. The summed E-state index contributed by atoms with van der Waals surface area (Å²) in [6.07, 6.45) is 1.27. The number of nitrogens with zero attached hydrogens (tertiary/aromatic N) is 2. The van der Waals surface area contributed by atoms with Crippen LogP contribution in [0, 0.1) is 6.92 Å². The molecule has 106 valence electrons. The first-order chi connectivity index (χ1) is 9.70. The van der Waals surface area contributed by atoms with E-state index >= 15 is 0 Å². The van der Waals surface area contributed by atoms with Crippen LogP contribution in [0.15, 0.2) is 29.0 Å². The monoisotopic (exact) mass is 276 g/mol. The standard InChI is InChI=1S/C13H16N4O3/c1-9-6-10(13-17-15-8-20-13)2-3-11(9)16-12(18)7-19-5-4-14/h2-3,6,8H,4-5,7,14H2,1H3,(H,16,18). The Hall–Kier alpha value is -2.25. The Morgan fingerprint density at radius 1 is 1.50 bits per heavy atom. The van der Waals surface area contributed by atoms with Gasteiger partial charge in [-0.25, -0.2) is 0 Å². The van der Waals surface area contributed by atoms with Crippen LogP contribution in [0.4, 0.5) is 5.69 Å². The molecule has 1 heterocycles. The molecule has 0 radical (unpaired) electrons. The van der Waals surface area contributed by atoms with E-state index in [9.17, 15) is 4.79 Å². The lowest BCUT2D eigenvalue weighted by Gasteiger charge is -2.09. The number of aryl methyl sites for hydroxylation is 1. The van der Waals surface area contributed by atoms with Crippen LogP contribution in [0.25, 0.3) is 11.5 Å². The minimum atomic E-state index is -0.216. The summed E-state index contributed by atoms with van der Waals surface area (Å²) in [5.41, 5.74) is 7.69. The minimum Gasteiger partial charge on any atom is -0.423 e. The van der Waals surface area contributed by atoms with E-state index in [2.05, 4.69) is 15.5 Å². The lowest BCUT2D eigenvalue weighted by molar-refractivity contribution is -0.120. The van der Waals surface area contributed by atoms with E-state index in [0.29, 0.717) is 19.0 Å². The smallest absolute Gasteiger partial charge is 0.250 e. The molecule has 2 aromatic rings. The molecule has 1 amide bonds. The number of ether oxygens (including phenoxy) is 1. The number of rotatable bonds is 6. The number of amides is 1. The van der Waals surface area contributed by atoms with E-state index in [-0.39, 0.29) is 12.5 Å². The quantitative estimate of drug-likeness (QED) is 0.762. The molecule has 0 unspecified atom stereocenters. The van der Waals surface area contributed by atoms with Gasteiger partial charge < -0.3 is 20.2 Å². The van der Waals surface area contributed by atoms with Gasteiger partial charge in [-0.05, 0) is 30.7 Å². The molecule has 0 aliphatic heterocycles. The van der Waals surface area contributed by atoms with Crippen LogP contribution >= 0.6 is 0 Å². The highest BCUT2D eigenvalue weighted by Gasteiger charge is 2.08. The van der Waals surface area contributed by atoms with Crippen LogP contribution < -0.4 is 11.1 Å². The number of carbonyl (C=O) groups excluding carboxylic acids is 1. The first kappa shape index (κ1) is 14.2. The van der Waals surface area contributed by atoms with E-state index in [1.165, 1.54) is 6.39 Å². The number of hydrogen-bond donors (Lipinski definition) is 2. The van der Waals surface area contributed by atoms with Gasteiger partial charge in [-0.1, -0.05) is 0 Å². The van der Waals surface area contributed by atoms with Crippen LogP contribution in [-0.4, -0.2) is 35.9 Å². The van der Waals surface area contributed by atoms with Gasteiger partial charge in [0.1, 0.15) is 6.61 Å². The normalized spacial score (nSPS) is 10.5. The van der Waals surface area contributed by atoms with Crippen molar-refractivity contribution in [3.8, 4) is 11.5 Å². The van der Waals surface area contributed by atoms with Gasteiger partial charge in [-0.15, -0.1) is 10.2 Å². The number of hydrogen-bond acceptors (Lipinski definition) is 6. The van der Waals surface area contributed by atoms with Crippen LogP contribution in [0.1, 0.15) is 5.56 Å². The van der Waals surface area contributed by atoms with Crippen molar-refractivity contribution in [1.82, 2.24) is 10.2 Å². The molecule has 0 saturated heterocycles. The molecule has 2 rings (SSSR count). The third-order valence-corrected chi connectivity index (χ3v) is 2.60. The van der Waals surface area contributed by atoms with E-state index in [1.54, 1.807) is 12.1 Å². The van der Waals surface area contributed by atoms with Gasteiger partial charge in [0.25, 0.3) is 0 Å². The predicted octanol–water partition coefficient (Wildman–Crippen LogP) is 0.959. The first-order valence-corrected chi connectivity index (χ1v) is 6.15. The maximum atomic E-state index is 11.6. The molecular formula is C13H16N4O3. The lowest BCUT2D eigenvalue weighted by atomic mass is 10.1. The summed E-state index contributed by atoms with van der Waals surface area (Å²) in [6.45, 7) is 2.63. The van der Waals surface area contributed by atoms with Gasteiger partial charge in [0.2, 0.25) is 18.2 Å². The van der Waals surface area contributed by atoms with Gasteiger partial charge in [0.05, 0.1) is 6.61 Å². The average molecular weight is 276 g/mol. The molecule has 0 saturated carbocycles. The predicted molar refractivity (Wildman–Crippen MR) is 73.0 cm³/mol. The summed E-state index contributed by atoms with van der Waals surface area (Å²) in [4.78, 5) is 11.6. The van der Waals surface area contributed by atoms with Crippen LogP contribution in [0.3, 0.4) is 0 Å². The van der Waals surface area contributed by atoms with E-state index < -0.39 is 0 Å². The third kappa shape index (κ3) is 3.62. The third-order valence-electron chi connectivity index (χ3n) is 2.60. The fourth-order valence-electron chi connectivity index (χ4n) is 1.67. The summed E-state index contributed by atoms with van der Waals surface area (Å²) in [5, 5.41) is 10.2. The second kappa shape index (κ2) is 6.78. The van der Waals surface area contributed by atoms with Gasteiger partial charge >= 0.3 is 0 Å². The maximum absolute atomic E-state index is 11.6. The Labute approximate surface area is 116 Å². The average Bonchev–Trinajstić information content (AvgIpc) is 2.95.